The second-order valence-electron chi connectivity index (χ2n) is 10.00. The molecule has 0 bridgehead atoms. The van der Waals surface area contributed by atoms with Gasteiger partial charge in [0.1, 0.15) is 0 Å². The Labute approximate surface area is 217 Å². The van der Waals surface area contributed by atoms with Gasteiger partial charge in [0, 0.05) is 6.61 Å². The maximum absolute atomic E-state index is 8.67. The van der Waals surface area contributed by atoms with E-state index in [4.69, 9.17) is 10.8 Å². The van der Waals surface area contributed by atoms with E-state index in [2.05, 4.69) is 13.8 Å². The van der Waals surface area contributed by atoms with Gasteiger partial charge in [-0.1, -0.05) is 168 Å². The second-order valence-corrected chi connectivity index (χ2v) is 10.00. The number of aliphatic hydroxyl groups excluding tert-OH is 1. The third-order valence-corrected chi connectivity index (χ3v) is 6.57. The van der Waals surface area contributed by atoms with E-state index in [0.717, 1.165) is 13.0 Å². The van der Waals surface area contributed by atoms with Crippen molar-refractivity contribution in [2.45, 2.75) is 181 Å². The fraction of sp³-hybridized carbons (Fsp3) is 1.00. The first-order valence-electron chi connectivity index (χ1n) is 15.1. The molecule has 0 saturated carbocycles. The van der Waals surface area contributed by atoms with E-state index in [9.17, 15) is 0 Å². The highest BCUT2D eigenvalue weighted by Gasteiger charge is 1.94. The van der Waals surface area contributed by atoms with Crippen molar-refractivity contribution in [1.82, 2.24) is 0 Å². The number of hydrogen-bond acceptors (Lipinski definition) is 2. The Morgan fingerprint density at radius 3 is 0.788 bits per heavy atom. The summed E-state index contributed by atoms with van der Waals surface area (Å²) in [5.74, 6) is 0. The summed E-state index contributed by atoms with van der Waals surface area (Å²) in [5, 5.41) is 8.67. The summed E-state index contributed by atoms with van der Waals surface area (Å²) in [6.45, 7) is 5.80. The van der Waals surface area contributed by atoms with Crippen molar-refractivity contribution in [3.8, 4) is 0 Å². The third kappa shape index (κ3) is 42.8. The van der Waals surface area contributed by atoms with Crippen LogP contribution in [0.4, 0.5) is 0 Å². The number of aliphatic hydroxyl groups is 1. The summed E-state index contributed by atoms with van der Waals surface area (Å²) in [4.78, 5) is 0. The third-order valence-electron chi connectivity index (χ3n) is 6.57. The van der Waals surface area contributed by atoms with Crippen molar-refractivity contribution >= 4 is 12.4 Å². The van der Waals surface area contributed by atoms with Crippen molar-refractivity contribution in [2.75, 3.05) is 13.2 Å². The summed E-state index contributed by atoms with van der Waals surface area (Å²) in [6, 6.07) is 0. The van der Waals surface area contributed by atoms with Crippen LogP contribution in [0, 0.1) is 0 Å². The monoisotopic (exact) mass is 491 g/mol. The van der Waals surface area contributed by atoms with Crippen LogP contribution in [0.1, 0.15) is 181 Å². The lowest BCUT2D eigenvalue weighted by Crippen LogP contribution is -1.97. The fourth-order valence-electron chi connectivity index (χ4n) is 4.29. The van der Waals surface area contributed by atoms with Crippen molar-refractivity contribution < 1.29 is 5.11 Å². The molecule has 0 aromatic rings. The molecule has 0 aromatic carbocycles. The molecule has 0 heterocycles. The van der Waals surface area contributed by atoms with Crippen LogP contribution in [-0.2, 0) is 0 Å². The van der Waals surface area contributed by atoms with Gasteiger partial charge in [-0.05, 0) is 19.4 Å². The van der Waals surface area contributed by atoms with Crippen LogP contribution >= 0.6 is 12.4 Å². The Morgan fingerprint density at radius 1 is 0.364 bits per heavy atom. The highest BCUT2D eigenvalue weighted by molar-refractivity contribution is 5.85. The van der Waals surface area contributed by atoms with Gasteiger partial charge in [-0.25, -0.2) is 0 Å². The quantitative estimate of drug-likeness (QED) is 0.118. The van der Waals surface area contributed by atoms with Gasteiger partial charge in [0.25, 0.3) is 0 Å². The van der Waals surface area contributed by atoms with E-state index in [-0.39, 0.29) is 12.4 Å². The lowest BCUT2D eigenvalue weighted by Gasteiger charge is -2.03. The first-order valence-corrected chi connectivity index (χ1v) is 15.1. The molecule has 0 spiro atoms. The molecular weight excluding hydrogens is 426 g/mol. The topological polar surface area (TPSA) is 46.2 Å². The Morgan fingerprint density at radius 2 is 0.576 bits per heavy atom. The molecule has 0 aliphatic carbocycles. The van der Waals surface area contributed by atoms with Crippen LogP contribution in [0.15, 0.2) is 0 Å². The number of halogens is 1. The van der Waals surface area contributed by atoms with Gasteiger partial charge in [-0.3, -0.25) is 0 Å². The molecule has 2 nitrogen and oxygen atoms in total. The average molecular weight is 492 g/mol. The summed E-state index contributed by atoms with van der Waals surface area (Å²) >= 11 is 0. The van der Waals surface area contributed by atoms with Crippen LogP contribution in [-0.4, -0.2) is 18.3 Å². The smallest absolute Gasteiger partial charge is 0.0431 e. The minimum Gasteiger partial charge on any atom is -0.396 e. The van der Waals surface area contributed by atoms with E-state index < -0.39 is 0 Å². The molecular formula is C30H66ClNO. The van der Waals surface area contributed by atoms with Crippen molar-refractivity contribution in [3.05, 3.63) is 0 Å². The van der Waals surface area contributed by atoms with Gasteiger partial charge in [0.05, 0.1) is 0 Å². The minimum atomic E-state index is 0. The molecule has 204 valence electrons. The Kier molecular flexibility index (Phi) is 45.1. The first kappa shape index (κ1) is 37.8. The SMILES string of the molecule is CCCCCCCCCCCCCCCCCCO.CCCCCCCCCCCCN.Cl. The van der Waals surface area contributed by atoms with Crippen LogP contribution in [0.2, 0.25) is 0 Å². The van der Waals surface area contributed by atoms with E-state index >= 15 is 0 Å². The zero-order valence-corrected chi connectivity index (χ0v) is 24.0. The zero-order chi connectivity index (χ0) is 23.8. The maximum atomic E-state index is 8.67. The summed E-state index contributed by atoms with van der Waals surface area (Å²) in [5.41, 5.74) is 5.42. The van der Waals surface area contributed by atoms with Crippen molar-refractivity contribution in [1.29, 1.82) is 0 Å². The molecule has 0 unspecified atom stereocenters. The number of hydrogen-bond donors (Lipinski definition) is 2. The lowest BCUT2D eigenvalue weighted by molar-refractivity contribution is 0.282. The molecule has 0 atom stereocenters. The summed E-state index contributed by atoms with van der Waals surface area (Å²) in [7, 11) is 0. The van der Waals surface area contributed by atoms with E-state index in [1.807, 2.05) is 0 Å². The molecule has 0 amide bonds. The van der Waals surface area contributed by atoms with E-state index in [1.54, 1.807) is 0 Å². The van der Waals surface area contributed by atoms with E-state index in [0.29, 0.717) is 6.61 Å². The predicted molar refractivity (Wildman–Crippen MR) is 155 cm³/mol. The highest BCUT2D eigenvalue weighted by atomic mass is 35.5. The van der Waals surface area contributed by atoms with Gasteiger partial charge < -0.3 is 10.8 Å². The van der Waals surface area contributed by atoms with Gasteiger partial charge in [0.15, 0.2) is 0 Å². The van der Waals surface area contributed by atoms with Crippen molar-refractivity contribution in [3.63, 3.8) is 0 Å². The molecule has 0 fully saturated rings. The first-order chi connectivity index (χ1) is 15.8. The Bertz CT molecular complexity index is 262. The average Bonchev–Trinajstić information content (AvgIpc) is 2.81. The van der Waals surface area contributed by atoms with Gasteiger partial charge in [-0.2, -0.15) is 0 Å². The molecule has 3 N–H and O–H groups in total. The summed E-state index contributed by atoms with van der Waals surface area (Å²) < 4.78 is 0. The number of nitrogens with two attached hydrogens (primary N) is 1. The highest BCUT2D eigenvalue weighted by Crippen LogP contribution is 2.13. The van der Waals surface area contributed by atoms with Gasteiger partial charge in [-0.15, -0.1) is 12.4 Å². The molecule has 0 saturated heterocycles. The zero-order valence-electron chi connectivity index (χ0n) is 23.2. The van der Waals surface area contributed by atoms with Crippen molar-refractivity contribution in [2.24, 2.45) is 5.73 Å². The molecule has 3 heteroatoms. The van der Waals surface area contributed by atoms with Gasteiger partial charge in [0.2, 0.25) is 0 Å². The number of rotatable bonds is 26. The molecule has 33 heavy (non-hydrogen) atoms. The van der Waals surface area contributed by atoms with E-state index in [1.165, 1.54) is 161 Å². The van der Waals surface area contributed by atoms with Crippen LogP contribution in [0.25, 0.3) is 0 Å². The minimum absolute atomic E-state index is 0. The van der Waals surface area contributed by atoms with Crippen LogP contribution in [0.3, 0.4) is 0 Å². The Balaban J connectivity index is -0.000000566. The fourth-order valence-corrected chi connectivity index (χ4v) is 4.29. The van der Waals surface area contributed by atoms with Crippen LogP contribution in [0.5, 0.6) is 0 Å². The largest absolute Gasteiger partial charge is 0.396 e. The molecule has 0 rings (SSSR count). The van der Waals surface area contributed by atoms with Crippen LogP contribution < -0.4 is 5.73 Å². The standard InChI is InChI=1S/C18H38O.C12H27N.ClH/c1-2-3-4-5-6-7-8-9-10-11-12-13-14-15-16-17-18-19;1-2-3-4-5-6-7-8-9-10-11-12-13;/h19H,2-18H2,1H3;2-13H2,1H3;1H. The molecule has 0 radical (unpaired) electrons. The molecule has 0 aliphatic heterocycles. The predicted octanol–water partition coefficient (Wildman–Crippen LogP) is 10.5. The van der Waals surface area contributed by atoms with Gasteiger partial charge >= 0.3 is 0 Å². The molecule has 0 aromatic heterocycles. The second kappa shape index (κ2) is 39.4. The summed E-state index contributed by atoms with van der Waals surface area (Å²) in [6.07, 6.45) is 36.1. The Hall–Kier alpha value is 0.210. The normalized spacial score (nSPS) is 10.5. The lowest BCUT2D eigenvalue weighted by atomic mass is 10.0. The maximum Gasteiger partial charge on any atom is 0.0431 e. The molecule has 0 aliphatic rings. The number of unbranched alkanes of at least 4 members (excludes halogenated alkanes) is 24.